The molecular weight excluding hydrogens is 322 g/mol. The molecule has 0 bridgehead atoms. The molecule has 3 rings (SSSR count). The lowest BCUT2D eigenvalue weighted by molar-refractivity contribution is 0.114. The average Bonchev–Trinajstić information content (AvgIpc) is 3.06. The first-order valence-corrected chi connectivity index (χ1v) is 9.28. The summed E-state index contributed by atoms with van der Waals surface area (Å²) < 4.78 is 5.59. The molecule has 0 spiro atoms. The number of anilines is 2. The molecule has 0 unspecified atom stereocenters. The van der Waals surface area contributed by atoms with Crippen LogP contribution in [0.15, 0.2) is 6.07 Å². The van der Waals surface area contributed by atoms with Crippen LogP contribution in [0.4, 0.5) is 11.8 Å². The maximum Gasteiger partial charge on any atom is 0.231 e. The fourth-order valence-electron chi connectivity index (χ4n) is 3.32. The van der Waals surface area contributed by atoms with Gasteiger partial charge in [-0.25, -0.2) is 4.98 Å². The Morgan fingerprint density at radius 1 is 1.38 bits per heavy atom. The number of hydrogen-bond acceptors (Lipinski definition) is 5. The Morgan fingerprint density at radius 3 is 3.00 bits per heavy atom. The van der Waals surface area contributed by atoms with Crippen molar-refractivity contribution in [2.24, 2.45) is 5.92 Å². The fraction of sp³-hybridized carbons (Fsp3) is 0.706. The number of aryl methyl sites for hydroxylation is 1. The molecule has 132 valence electrons. The zero-order valence-electron chi connectivity index (χ0n) is 14.5. The number of rotatable bonds is 4. The van der Waals surface area contributed by atoms with Crippen molar-refractivity contribution in [1.29, 1.82) is 0 Å². The van der Waals surface area contributed by atoms with Gasteiger partial charge in [-0.15, -0.1) is 0 Å². The van der Waals surface area contributed by atoms with Gasteiger partial charge in [0.1, 0.15) is 5.82 Å². The molecular formula is C17H27N5OS. The van der Waals surface area contributed by atoms with Crippen LogP contribution >= 0.6 is 12.2 Å². The summed E-state index contributed by atoms with van der Waals surface area (Å²) in [4.78, 5) is 11.5. The SMILES string of the molecule is Cc1cc(N2CCC[C@@H](C)C2)nc(NC(=S)NC[C@H]2CCCO2)n1. The van der Waals surface area contributed by atoms with Gasteiger partial charge < -0.3 is 20.3 Å². The maximum atomic E-state index is 5.59. The molecule has 24 heavy (non-hydrogen) atoms. The standard InChI is InChI=1S/C17H27N5OS/c1-12-5-3-7-22(11-12)15-9-13(2)19-16(20-15)21-17(24)18-10-14-6-4-8-23-14/h9,12,14H,3-8,10-11H2,1-2H3,(H2,18,19,20,21,24)/t12-,14-/m1/s1. The highest BCUT2D eigenvalue weighted by Crippen LogP contribution is 2.22. The van der Waals surface area contributed by atoms with Crippen LogP contribution in [0.2, 0.25) is 0 Å². The van der Waals surface area contributed by atoms with Crippen LogP contribution < -0.4 is 15.5 Å². The Hall–Kier alpha value is -1.47. The normalized spacial score (nSPS) is 24.0. The van der Waals surface area contributed by atoms with E-state index in [1.807, 2.05) is 13.0 Å². The van der Waals surface area contributed by atoms with Crippen LogP contribution in [0.25, 0.3) is 0 Å². The second-order valence-electron chi connectivity index (χ2n) is 6.85. The zero-order chi connectivity index (χ0) is 16.9. The van der Waals surface area contributed by atoms with E-state index in [1.165, 1.54) is 12.8 Å². The summed E-state index contributed by atoms with van der Waals surface area (Å²) in [5.41, 5.74) is 0.947. The molecule has 6 nitrogen and oxygen atoms in total. The highest BCUT2D eigenvalue weighted by molar-refractivity contribution is 7.80. The van der Waals surface area contributed by atoms with Crippen molar-refractivity contribution < 1.29 is 4.74 Å². The van der Waals surface area contributed by atoms with E-state index in [2.05, 4.69) is 32.4 Å². The minimum Gasteiger partial charge on any atom is -0.376 e. The molecule has 0 aliphatic carbocycles. The second kappa shape index (κ2) is 8.07. The van der Waals surface area contributed by atoms with Gasteiger partial charge in [-0.05, 0) is 50.7 Å². The number of piperidine rings is 1. The molecule has 7 heteroatoms. The third kappa shape index (κ3) is 4.77. The molecule has 1 aromatic rings. The van der Waals surface area contributed by atoms with E-state index < -0.39 is 0 Å². The quantitative estimate of drug-likeness (QED) is 0.810. The van der Waals surface area contributed by atoms with Gasteiger partial charge in [0, 0.05) is 38.0 Å². The summed E-state index contributed by atoms with van der Waals surface area (Å²) in [7, 11) is 0. The Kier molecular flexibility index (Phi) is 5.84. The molecule has 2 aliphatic rings. The van der Waals surface area contributed by atoms with Crippen LogP contribution in [0, 0.1) is 12.8 Å². The molecule has 0 saturated carbocycles. The van der Waals surface area contributed by atoms with Crippen molar-refractivity contribution >= 4 is 29.1 Å². The molecule has 2 atom stereocenters. The minimum absolute atomic E-state index is 0.258. The summed E-state index contributed by atoms with van der Waals surface area (Å²) in [6.07, 6.45) is 4.99. The molecule has 0 radical (unpaired) electrons. The molecule has 2 fully saturated rings. The van der Waals surface area contributed by atoms with Gasteiger partial charge in [0.25, 0.3) is 0 Å². The third-order valence-electron chi connectivity index (χ3n) is 4.56. The maximum absolute atomic E-state index is 5.59. The van der Waals surface area contributed by atoms with Gasteiger partial charge in [-0.3, -0.25) is 0 Å². The number of thiocarbonyl (C=S) groups is 1. The summed E-state index contributed by atoms with van der Waals surface area (Å²) in [6.45, 7) is 7.98. The molecule has 0 amide bonds. The zero-order valence-corrected chi connectivity index (χ0v) is 15.4. The lowest BCUT2D eigenvalue weighted by Crippen LogP contribution is -2.36. The van der Waals surface area contributed by atoms with E-state index in [4.69, 9.17) is 17.0 Å². The molecule has 2 aliphatic heterocycles. The van der Waals surface area contributed by atoms with Crippen LogP contribution in [0.3, 0.4) is 0 Å². The molecule has 3 heterocycles. The van der Waals surface area contributed by atoms with Gasteiger partial charge in [0.05, 0.1) is 6.10 Å². The van der Waals surface area contributed by atoms with Gasteiger partial charge >= 0.3 is 0 Å². The number of nitrogens with one attached hydrogen (secondary N) is 2. The molecule has 2 N–H and O–H groups in total. The molecule has 2 saturated heterocycles. The molecule has 0 aromatic carbocycles. The van der Waals surface area contributed by atoms with E-state index >= 15 is 0 Å². The van der Waals surface area contributed by atoms with E-state index in [0.717, 1.165) is 50.6 Å². The number of ether oxygens (including phenoxy) is 1. The van der Waals surface area contributed by atoms with Gasteiger partial charge in [0.15, 0.2) is 5.11 Å². The highest BCUT2D eigenvalue weighted by Gasteiger charge is 2.19. The predicted molar refractivity (Wildman–Crippen MR) is 101 cm³/mol. The highest BCUT2D eigenvalue weighted by atomic mass is 32.1. The Labute approximate surface area is 149 Å². The van der Waals surface area contributed by atoms with Gasteiger partial charge in [0.2, 0.25) is 5.95 Å². The van der Waals surface area contributed by atoms with E-state index in [1.54, 1.807) is 0 Å². The Balaban J connectivity index is 1.59. The van der Waals surface area contributed by atoms with Crippen molar-refractivity contribution in [3.05, 3.63) is 11.8 Å². The van der Waals surface area contributed by atoms with Crippen molar-refractivity contribution in [2.45, 2.75) is 45.6 Å². The Bertz CT molecular complexity index is 576. The average molecular weight is 350 g/mol. The first kappa shape index (κ1) is 17.4. The van der Waals surface area contributed by atoms with Crippen LogP contribution in [-0.2, 0) is 4.74 Å². The summed E-state index contributed by atoms with van der Waals surface area (Å²) in [5.74, 6) is 2.26. The van der Waals surface area contributed by atoms with Crippen LogP contribution in [0.5, 0.6) is 0 Å². The van der Waals surface area contributed by atoms with Crippen LogP contribution in [0.1, 0.15) is 38.3 Å². The lowest BCUT2D eigenvalue weighted by Gasteiger charge is -2.32. The summed E-state index contributed by atoms with van der Waals surface area (Å²) >= 11 is 5.36. The second-order valence-corrected chi connectivity index (χ2v) is 7.26. The minimum atomic E-state index is 0.258. The van der Waals surface area contributed by atoms with Gasteiger partial charge in [-0.1, -0.05) is 6.92 Å². The van der Waals surface area contributed by atoms with E-state index in [9.17, 15) is 0 Å². The van der Waals surface area contributed by atoms with E-state index in [0.29, 0.717) is 17.0 Å². The number of nitrogens with zero attached hydrogens (tertiary/aromatic N) is 3. The monoisotopic (exact) mass is 349 g/mol. The molecule has 1 aromatic heterocycles. The van der Waals surface area contributed by atoms with Gasteiger partial charge in [-0.2, -0.15) is 4.98 Å². The topological polar surface area (TPSA) is 62.3 Å². The van der Waals surface area contributed by atoms with Crippen molar-refractivity contribution in [3.63, 3.8) is 0 Å². The first-order valence-electron chi connectivity index (χ1n) is 8.87. The van der Waals surface area contributed by atoms with Crippen LogP contribution in [-0.4, -0.2) is 47.4 Å². The van der Waals surface area contributed by atoms with Crippen molar-refractivity contribution in [1.82, 2.24) is 15.3 Å². The van der Waals surface area contributed by atoms with Crippen molar-refractivity contribution in [3.8, 4) is 0 Å². The van der Waals surface area contributed by atoms with Crippen molar-refractivity contribution in [2.75, 3.05) is 36.5 Å². The summed E-state index contributed by atoms with van der Waals surface area (Å²) in [6, 6.07) is 2.05. The lowest BCUT2D eigenvalue weighted by atomic mass is 10.0. The fourth-order valence-corrected chi connectivity index (χ4v) is 3.50. The number of aromatic nitrogens is 2. The van der Waals surface area contributed by atoms with E-state index in [-0.39, 0.29) is 6.10 Å². The first-order chi connectivity index (χ1) is 11.6. The Morgan fingerprint density at radius 2 is 2.25 bits per heavy atom. The number of hydrogen-bond donors (Lipinski definition) is 2. The summed E-state index contributed by atoms with van der Waals surface area (Å²) in [5, 5.41) is 6.86. The predicted octanol–water partition coefficient (Wildman–Crippen LogP) is 2.49. The third-order valence-corrected chi connectivity index (χ3v) is 4.81. The largest absolute Gasteiger partial charge is 0.376 e. The smallest absolute Gasteiger partial charge is 0.231 e.